The summed E-state index contributed by atoms with van der Waals surface area (Å²) in [6.07, 6.45) is 4.20. The van der Waals surface area contributed by atoms with E-state index in [-0.39, 0.29) is 17.8 Å². The smallest absolute Gasteiger partial charge is 0.273 e. The number of carbonyl (C=O) groups is 1. The van der Waals surface area contributed by atoms with Crippen molar-refractivity contribution in [3.8, 4) is 0 Å². The minimum Gasteiger partial charge on any atom is -0.409 e. The number of hydrogen-bond donors (Lipinski definition) is 2. The van der Waals surface area contributed by atoms with Gasteiger partial charge in [0.25, 0.3) is 5.91 Å². The summed E-state index contributed by atoms with van der Waals surface area (Å²) < 4.78 is 0. The minimum atomic E-state index is -0.340. The summed E-state index contributed by atoms with van der Waals surface area (Å²) in [5, 5.41) is 11.9. The summed E-state index contributed by atoms with van der Waals surface area (Å²) in [6.45, 7) is 2.46. The zero-order valence-electron chi connectivity index (χ0n) is 10.9. The molecule has 1 aliphatic heterocycles. The molecule has 0 aliphatic carbocycles. The number of amidine groups is 1. The van der Waals surface area contributed by atoms with E-state index in [9.17, 15) is 4.79 Å². The molecule has 0 spiro atoms. The Balaban J connectivity index is 2.28. The first kappa shape index (κ1) is 13.3. The normalized spacial score (nSPS) is 20.4. The van der Waals surface area contributed by atoms with Crippen LogP contribution < -0.4 is 5.73 Å². The molecule has 0 saturated carbocycles. The molecule has 0 bridgehead atoms. The van der Waals surface area contributed by atoms with Crippen molar-refractivity contribution in [3.05, 3.63) is 29.6 Å². The molecular formula is C13H18N4O2. The van der Waals surface area contributed by atoms with Crippen LogP contribution in [0.2, 0.25) is 0 Å². The van der Waals surface area contributed by atoms with E-state index in [4.69, 9.17) is 10.9 Å². The molecule has 0 radical (unpaired) electrons. The van der Waals surface area contributed by atoms with Gasteiger partial charge in [0.05, 0.1) is 6.04 Å². The number of likely N-dealkylation sites (tertiary alicyclic amines) is 1. The molecule has 1 amide bonds. The van der Waals surface area contributed by atoms with Gasteiger partial charge in [0, 0.05) is 12.7 Å². The van der Waals surface area contributed by atoms with Gasteiger partial charge in [-0.05, 0) is 37.8 Å². The number of amides is 1. The standard InChI is InChI=1S/C13H18N4O2/c1-9-5-4-7-15-11(9)13(18)17-8-3-2-6-10(17)12(14)16-19/h4-5,7,10,19H,2-3,6,8H2,1H3,(H2,14,16). The third-order valence-electron chi connectivity index (χ3n) is 3.43. The summed E-state index contributed by atoms with van der Waals surface area (Å²) in [5.41, 5.74) is 6.94. The van der Waals surface area contributed by atoms with Gasteiger partial charge in [0.15, 0.2) is 5.84 Å². The monoisotopic (exact) mass is 262 g/mol. The number of rotatable bonds is 2. The van der Waals surface area contributed by atoms with Gasteiger partial charge in [-0.15, -0.1) is 0 Å². The molecule has 1 aromatic heterocycles. The van der Waals surface area contributed by atoms with Gasteiger partial charge in [0.2, 0.25) is 0 Å². The first-order chi connectivity index (χ1) is 9.15. The number of nitrogens with two attached hydrogens (primary N) is 1. The van der Waals surface area contributed by atoms with Crippen LogP contribution in [0.1, 0.15) is 35.3 Å². The first-order valence-electron chi connectivity index (χ1n) is 6.35. The largest absolute Gasteiger partial charge is 0.409 e. The maximum atomic E-state index is 12.5. The van der Waals surface area contributed by atoms with Crippen LogP contribution in [-0.4, -0.2) is 39.4 Å². The van der Waals surface area contributed by atoms with Gasteiger partial charge in [-0.2, -0.15) is 0 Å². The predicted octanol–water partition coefficient (Wildman–Crippen LogP) is 1.13. The molecule has 1 aromatic rings. The molecule has 1 atom stereocenters. The number of pyridine rings is 1. The number of hydrogen-bond acceptors (Lipinski definition) is 4. The number of oxime groups is 1. The third-order valence-corrected chi connectivity index (χ3v) is 3.43. The lowest BCUT2D eigenvalue weighted by Crippen LogP contribution is -2.50. The van der Waals surface area contributed by atoms with E-state index in [0.717, 1.165) is 18.4 Å². The average Bonchev–Trinajstić information content (AvgIpc) is 2.46. The van der Waals surface area contributed by atoms with E-state index in [1.54, 1.807) is 17.2 Å². The maximum Gasteiger partial charge on any atom is 0.273 e. The molecule has 1 saturated heterocycles. The highest BCUT2D eigenvalue weighted by Crippen LogP contribution is 2.20. The van der Waals surface area contributed by atoms with Crippen LogP contribution >= 0.6 is 0 Å². The molecule has 3 N–H and O–H groups in total. The highest BCUT2D eigenvalue weighted by molar-refractivity contribution is 5.98. The summed E-state index contributed by atoms with van der Waals surface area (Å²) in [7, 11) is 0. The maximum absolute atomic E-state index is 12.5. The van der Waals surface area contributed by atoms with E-state index >= 15 is 0 Å². The van der Waals surface area contributed by atoms with E-state index in [1.165, 1.54) is 0 Å². The molecule has 2 heterocycles. The molecule has 19 heavy (non-hydrogen) atoms. The van der Waals surface area contributed by atoms with Gasteiger partial charge < -0.3 is 15.8 Å². The summed E-state index contributed by atoms with van der Waals surface area (Å²) >= 11 is 0. The summed E-state index contributed by atoms with van der Waals surface area (Å²) in [6, 6.07) is 3.30. The van der Waals surface area contributed by atoms with Crippen LogP contribution in [0, 0.1) is 6.92 Å². The van der Waals surface area contributed by atoms with Gasteiger partial charge in [0.1, 0.15) is 5.69 Å². The summed E-state index contributed by atoms with van der Waals surface area (Å²) in [5.74, 6) is -0.0731. The van der Waals surface area contributed by atoms with Crippen LogP contribution in [-0.2, 0) is 0 Å². The van der Waals surface area contributed by atoms with E-state index in [0.29, 0.717) is 18.7 Å². The lowest BCUT2D eigenvalue weighted by Gasteiger charge is -2.34. The number of carbonyl (C=O) groups excluding carboxylic acids is 1. The topological polar surface area (TPSA) is 91.8 Å². The zero-order valence-corrected chi connectivity index (χ0v) is 10.9. The number of aromatic nitrogens is 1. The van der Waals surface area contributed by atoms with Crippen molar-refractivity contribution >= 4 is 11.7 Å². The Labute approximate surface area is 111 Å². The fraction of sp³-hybridized carbons (Fsp3) is 0.462. The van der Waals surface area contributed by atoms with Gasteiger partial charge in [-0.1, -0.05) is 11.2 Å². The quantitative estimate of drug-likeness (QED) is 0.362. The Morgan fingerprint density at radius 1 is 1.58 bits per heavy atom. The fourth-order valence-electron chi connectivity index (χ4n) is 2.39. The Kier molecular flexibility index (Phi) is 3.99. The third kappa shape index (κ3) is 2.67. The van der Waals surface area contributed by atoms with Crippen LogP contribution in [0.5, 0.6) is 0 Å². The van der Waals surface area contributed by atoms with Gasteiger partial charge in [-0.3, -0.25) is 9.78 Å². The lowest BCUT2D eigenvalue weighted by atomic mass is 10.00. The van der Waals surface area contributed by atoms with Crippen LogP contribution in [0.3, 0.4) is 0 Å². The number of nitrogens with zero attached hydrogens (tertiary/aromatic N) is 3. The molecule has 6 nitrogen and oxygen atoms in total. The second-order valence-electron chi connectivity index (χ2n) is 4.70. The second-order valence-corrected chi connectivity index (χ2v) is 4.70. The van der Waals surface area contributed by atoms with Crippen molar-refractivity contribution in [1.82, 2.24) is 9.88 Å². The molecule has 1 unspecified atom stereocenters. The second kappa shape index (κ2) is 5.69. The molecule has 2 rings (SSSR count). The fourth-order valence-corrected chi connectivity index (χ4v) is 2.39. The molecule has 6 heteroatoms. The van der Waals surface area contributed by atoms with Crippen molar-refractivity contribution in [2.45, 2.75) is 32.2 Å². The molecular weight excluding hydrogens is 244 g/mol. The highest BCUT2D eigenvalue weighted by Gasteiger charge is 2.31. The minimum absolute atomic E-state index is 0.0848. The molecule has 0 aromatic carbocycles. The van der Waals surface area contributed by atoms with E-state index in [2.05, 4.69) is 10.1 Å². The lowest BCUT2D eigenvalue weighted by molar-refractivity contribution is 0.0670. The van der Waals surface area contributed by atoms with Crippen molar-refractivity contribution < 1.29 is 10.0 Å². The average molecular weight is 262 g/mol. The Hall–Kier alpha value is -2.11. The number of aryl methyl sites for hydroxylation is 1. The predicted molar refractivity (Wildman–Crippen MR) is 71.1 cm³/mol. The van der Waals surface area contributed by atoms with Crippen molar-refractivity contribution in [3.63, 3.8) is 0 Å². The van der Waals surface area contributed by atoms with E-state index in [1.807, 2.05) is 13.0 Å². The number of piperidine rings is 1. The Morgan fingerprint density at radius 2 is 2.37 bits per heavy atom. The van der Waals surface area contributed by atoms with Gasteiger partial charge >= 0.3 is 0 Å². The van der Waals surface area contributed by atoms with E-state index < -0.39 is 0 Å². The molecule has 1 aliphatic rings. The highest BCUT2D eigenvalue weighted by atomic mass is 16.4. The molecule has 1 fully saturated rings. The molecule has 102 valence electrons. The van der Waals surface area contributed by atoms with Crippen molar-refractivity contribution in [2.24, 2.45) is 10.9 Å². The Bertz CT molecular complexity index is 501. The summed E-state index contributed by atoms with van der Waals surface area (Å²) in [4.78, 5) is 18.3. The Morgan fingerprint density at radius 3 is 3.05 bits per heavy atom. The van der Waals surface area contributed by atoms with Crippen LogP contribution in [0.4, 0.5) is 0 Å². The van der Waals surface area contributed by atoms with Crippen LogP contribution in [0.15, 0.2) is 23.5 Å². The van der Waals surface area contributed by atoms with Crippen molar-refractivity contribution in [1.29, 1.82) is 0 Å². The first-order valence-corrected chi connectivity index (χ1v) is 6.35. The van der Waals surface area contributed by atoms with Crippen LogP contribution in [0.25, 0.3) is 0 Å². The van der Waals surface area contributed by atoms with Crippen molar-refractivity contribution in [2.75, 3.05) is 6.54 Å². The SMILES string of the molecule is Cc1cccnc1C(=O)N1CCCCC1C(N)=NO. The zero-order chi connectivity index (χ0) is 13.8. The van der Waals surface area contributed by atoms with Gasteiger partial charge in [-0.25, -0.2) is 0 Å².